The minimum atomic E-state index is -0.776. The Bertz CT molecular complexity index is 800. The highest BCUT2D eigenvalue weighted by Crippen LogP contribution is 2.29. The maximum absolute atomic E-state index is 12.9. The number of ether oxygens (including phenoxy) is 2. The number of aryl methyl sites for hydroxylation is 1. The summed E-state index contributed by atoms with van der Waals surface area (Å²) in [5.74, 6) is -0.436. The Hall–Kier alpha value is -1.86. The summed E-state index contributed by atoms with van der Waals surface area (Å²) in [4.78, 5) is 26.2. The van der Waals surface area contributed by atoms with Gasteiger partial charge in [-0.2, -0.15) is 0 Å². The van der Waals surface area contributed by atoms with Crippen molar-refractivity contribution in [1.82, 2.24) is 4.90 Å². The number of nitrogens with zero attached hydrogens (tertiary/aromatic N) is 1. The molecule has 2 aromatic rings. The smallest absolute Gasteiger partial charge is 0.336 e. The SMILES string of the molecule is COC(=O)[C@H]1CN(C(=O)c2oc3ccc(Br)cc3c2C)C[C@@H](C)O1. The molecule has 0 saturated carbocycles. The first kappa shape index (κ1) is 17.0. The van der Waals surface area contributed by atoms with Crippen molar-refractivity contribution in [2.24, 2.45) is 0 Å². The lowest BCUT2D eigenvalue weighted by atomic mass is 10.1. The molecular formula is C17H18BrNO5. The Kier molecular flexibility index (Phi) is 4.64. The number of methoxy groups -OCH3 is 1. The molecule has 0 N–H and O–H groups in total. The maximum Gasteiger partial charge on any atom is 0.336 e. The number of fused-ring (bicyclic) bond motifs is 1. The molecule has 1 amide bonds. The first-order chi connectivity index (χ1) is 11.4. The standard InChI is InChI=1S/C17H18BrNO5/c1-9-7-19(8-14(23-9)17(21)22-3)16(20)15-10(2)12-6-11(18)4-5-13(12)24-15/h4-6,9,14H,7-8H2,1-3H3/t9-,14-/m1/s1. The molecule has 24 heavy (non-hydrogen) atoms. The lowest BCUT2D eigenvalue weighted by Gasteiger charge is -2.35. The molecule has 128 valence electrons. The topological polar surface area (TPSA) is 69.0 Å². The van der Waals surface area contributed by atoms with Crippen LogP contribution in [0.1, 0.15) is 23.0 Å². The molecule has 2 heterocycles. The third kappa shape index (κ3) is 3.06. The van der Waals surface area contributed by atoms with Crippen molar-refractivity contribution in [2.75, 3.05) is 20.2 Å². The van der Waals surface area contributed by atoms with Crippen LogP contribution in [-0.4, -0.2) is 49.2 Å². The number of carbonyl (C=O) groups is 2. The van der Waals surface area contributed by atoms with Crippen LogP contribution >= 0.6 is 15.9 Å². The molecule has 0 radical (unpaired) electrons. The predicted molar refractivity (Wildman–Crippen MR) is 90.9 cm³/mol. The van der Waals surface area contributed by atoms with Gasteiger partial charge in [0.2, 0.25) is 0 Å². The van der Waals surface area contributed by atoms with E-state index in [-0.39, 0.29) is 18.6 Å². The van der Waals surface area contributed by atoms with Crippen molar-refractivity contribution in [2.45, 2.75) is 26.1 Å². The fourth-order valence-electron chi connectivity index (χ4n) is 2.92. The highest BCUT2D eigenvalue weighted by Gasteiger charge is 2.35. The summed E-state index contributed by atoms with van der Waals surface area (Å²) in [6.07, 6.45) is -1.04. The number of rotatable bonds is 2. The molecule has 0 aliphatic carbocycles. The summed E-state index contributed by atoms with van der Waals surface area (Å²) < 4.78 is 17.0. The molecule has 1 aromatic carbocycles. The maximum atomic E-state index is 12.9. The van der Waals surface area contributed by atoms with E-state index in [4.69, 9.17) is 13.9 Å². The van der Waals surface area contributed by atoms with Gasteiger partial charge >= 0.3 is 5.97 Å². The van der Waals surface area contributed by atoms with Gasteiger partial charge in [-0.25, -0.2) is 4.79 Å². The lowest BCUT2D eigenvalue weighted by Crippen LogP contribution is -2.52. The van der Waals surface area contributed by atoms with Crippen molar-refractivity contribution in [3.8, 4) is 0 Å². The minimum Gasteiger partial charge on any atom is -0.467 e. The predicted octanol–water partition coefficient (Wildman–Crippen LogP) is 2.91. The monoisotopic (exact) mass is 395 g/mol. The normalized spacial score (nSPS) is 21.1. The number of halogens is 1. The van der Waals surface area contributed by atoms with E-state index in [1.165, 1.54) is 7.11 Å². The van der Waals surface area contributed by atoms with Gasteiger partial charge in [-0.1, -0.05) is 15.9 Å². The Morgan fingerprint density at radius 3 is 2.79 bits per heavy atom. The molecule has 7 heteroatoms. The number of amides is 1. The number of benzene rings is 1. The molecule has 1 fully saturated rings. The summed E-state index contributed by atoms with van der Waals surface area (Å²) in [5, 5.41) is 0.888. The molecule has 1 saturated heterocycles. The average molecular weight is 396 g/mol. The van der Waals surface area contributed by atoms with Crippen LogP contribution in [-0.2, 0) is 14.3 Å². The second-order valence-electron chi connectivity index (χ2n) is 5.87. The van der Waals surface area contributed by atoms with E-state index in [9.17, 15) is 9.59 Å². The Labute approximate surface area is 147 Å². The fourth-order valence-corrected chi connectivity index (χ4v) is 3.28. The van der Waals surface area contributed by atoms with Crippen molar-refractivity contribution >= 4 is 38.8 Å². The zero-order chi connectivity index (χ0) is 17.4. The molecule has 1 aliphatic rings. The zero-order valence-corrected chi connectivity index (χ0v) is 15.3. The number of hydrogen-bond donors (Lipinski definition) is 0. The molecule has 0 spiro atoms. The van der Waals surface area contributed by atoms with Crippen LogP contribution < -0.4 is 0 Å². The largest absolute Gasteiger partial charge is 0.467 e. The van der Waals surface area contributed by atoms with Gasteiger partial charge in [-0.15, -0.1) is 0 Å². The number of furan rings is 1. The number of esters is 1. The second-order valence-corrected chi connectivity index (χ2v) is 6.78. The number of morpholine rings is 1. The van der Waals surface area contributed by atoms with Gasteiger partial charge in [0.05, 0.1) is 19.8 Å². The van der Waals surface area contributed by atoms with E-state index in [1.807, 2.05) is 32.0 Å². The van der Waals surface area contributed by atoms with E-state index in [2.05, 4.69) is 15.9 Å². The summed E-state index contributed by atoms with van der Waals surface area (Å²) in [6.45, 7) is 4.22. The van der Waals surface area contributed by atoms with E-state index >= 15 is 0 Å². The van der Waals surface area contributed by atoms with Crippen LogP contribution in [0.25, 0.3) is 11.0 Å². The molecule has 0 unspecified atom stereocenters. The van der Waals surface area contributed by atoms with E-state index in [0.717, 1.165) is 15.4 Å². The highest BCUT2D eigenvalue weighted by atomic mass is 79.9. The van der Waals surface area contributed by atoms with Crippen LogP contribution in [0, 0.1) is 6.92 Å². The highest BCUT2D eigenvalue weighted by molar-refractivity contribution is 9.10. The summed E-state index contributed by atoms with van der Waals surface area (Å²) in [7, 11) is 1.30. The third-order valence-electron chi connectivity index (χ3n) is 4.10. The second kappa shape index (κ2) is 6.57. The van der Waals surface area contributed by atoms with E-state index in [1.54, 1.807) is 4.90 Å². The lowest BCUT2D eigenvalue weighted by molar-refractivity contribution is -0.164. The molecule has 1 aromatic heterocycles. The van der Waals surface area contributed by atoms with Crippen LogP contribution in [0.2, 0.25) is 0 Å². The summed E-state index contributed by atoms with van der Waals surface area (Å²) in [6, 6.07) is 5.61. The van der Waals surface area contributed by atoms with Crippen molar-refractivity contribution in [1.29, 1.82) is 0 Å². The third-order valence-corrected chi connectivity index (χ3v) is 4.60. The van der Waals surface area contributed by atoms with Gasteiger partial charge in [-0.05, 0) is 32.0 Å². The zero-order valence-electron chi connectivity index (χ0n) is 13.7. The number of hydrogen-bond acceptors (Lipinski definition) is 5. The molecule has 6 nitrogen and oxygen atoms in total. The molecular weight excluding hydrogens is 378 g/mol. The molecule has 2 atom stereocenters. The van der Waals surface area contributed by atoms with E-state index < -0.39 is 12.1 Å². The quantitative estimate of drug-likeness (QED) is 0.731. The van der Waals surface area contributed by atoms with Gasteiger partial charge in [0.15, 0.2) is 11.9 Å². The fraction of sp³-hybridized carbons (Fsp3) is 0.412. The first-order valence-electron chi connectivity index (χ1n) is 7.62. The van der Waals surface area contributed by atoms with Gasteiger partial charge in [0, 0.05) is 22.0 Å². The van der Waals surface area contributed by atoms with Crippen molar-refractivity contribution in [3.05, 3.63) is 34.0 Å². The van der Waals surface area contributed by atoms with E-state index in [0.29, 0.717) is 17.9 Å². The molecule has 1 aliphatic heterocycles. The summed E-state index contributed by atoms with van der Waals surface area (Å²) in [5.41, 5.74) is 1.44. The van der Waals surface area contributed by atoms with Gasteiger partial charge in [0.1, 0.15) is 5.58 Å². The number of carbonyl (C=O) groups excluding carboxylic acids is 2. The van der Waals surface area contributed by atoms with Crippen LogP contribution in [0.3, 0.4) is 0 Å². The van der Waals surface area contributed by atoms with Crippen LogP contribution in [0.15, 0.2) is 27.1 Å². The Morgan fingerprint density at radius 1 is 1.33 bits per heavy atom. The van der Waals surface area contributed by atoms with Gasteiger partial charge in [-0.3, -0.25) is 4.79 Å². The van der Waals surface area contributed by atoms with Crippen LogP contribution in [0.5, 0.6) is 0 Å². The first-order valence-corrected chi connectivity index (χ1v) is 8.41. The molecule has 3 rings (SSSR count). The summed E-state index contributed by atoms with van der Waals surface area (Å²) >= 11 is 3.42. The van der Waals surface area contributed by atoms with Gasteiger partial charge < -0.3 is 18.8 Å². The Balaban J connectivity index is 1.91. The molecule has 0 bridgehead atoms. The average Bonchev–Trinajstić information content (AvgIpc) is 2.89. The van der Waals surface area contributed by atoms with Crippen LogP contribution in [0.4, 0.5) is 0 Å². The van der Waals surface area contributed by atoms with Crippen molar-refractivity contribution < 1.29 is 23.5 Å². The Morgan fingerprint density at radius 2 is 2.08 bits per heavy atom. The minimum absolute atomic E-state index is 0.149. The van der Waals surface area contributed by atoms with Crippen molar-refractivity contribution in [3.63, 3.8) is 0 Å². The van der Waals surface area contributed by atoms with Gasteiger partial charge in [0.25, 0.3) is 5.91 Å².